The Bertz CT molecular complexity index is 427. The second kappa shape index (κ2) is 1.92. The van der Waals surface area contributed by atoms with Gasteiger partial charge in [0.05, 0.1) is 10.6 Å². The molecule has 0 aliphatic carbocycles. The van der Waals surface area contributed by atoms with Gasteiger partial charge in [0.2, 0.25) is 0 Å². The van der Waals surface area contributed by atoms with Crippen molar-refractivity contribution in [2.45, 2.75) is 11.8 Å². The molecule has 0 radical (unpaired) electrons. The van der Waals surface area contributed by atoms with Crippen LogP contribution in [0.1, 0.15) is 11.8 Å². The van der Waals surface area contributed by atoms with Crippen molar-refractivity contribution in [2.24, 2.45) is 4.40 Å². The number of nitrogens with zero attached hydrogens (tertiary/aromatic N) is 1. The molecule has 1 aromatic rings. The van der Waals surface area contributed by atoms with E-state index in [0.717, 1.165) is 4.88 Å². The van der Waals surface area contributed by atoms with Crippen molar-refractivity contribution in [2.75, 3.05) is 0 Å². The Morgan fingerprint density at radius 1 is 1.55 bits per heavy atom. The van der Waals surface area contributed by atoms with Gasteiger partial charge >= 0.3 is 0 Å². The van der Waals surface area contributed by atoms with Crippen LogP contribution < -0.4 is 0 Å². The fraction of sp³-hybridized carbons (Fsp3) is 0.167. The lowest BCUT2D eigenvalue weighted by Gasteiger charge is -1.83. The van der Waals surface area contributed by atoms with Gasteiger partial charge in [-0.2, -0.15) is 12.8 Å². The third-order valence-corrected chi connectivity index (χ3v) is 4.06. The van der Waals surface area contributed by atoms with E-state index in [4.69, 9.17) is 0 Å². The van der Waals surface area contributed by atoms with Gasteiger partial charge in [0.15, 0.2) is 0 Å². The number of hydrogen-bond donors (Lipinski definition) is 0. The lowest BCUT2D eigenvalue weighted by Crippen LogP contribution is -1.88. The van der Waals surface area contributed by atoms with Gasteiger partial charge in [0.25, 0.3) is 10.0 Å². The van der Waals surface area contributed by atoms with Gasteiger partial charge in [-0.25, -0.2) is 0 Å². The van der Waals surface area contributed by atoms with E-state index in [9.17, 15) is 8.42 Å². The average molecular weight is 187 g/mol. The minimum atomic E-state index is -3.31. The zero-order valence-electron chi connectivity index (χ0n) is 5.73. The average Bonchev–Trinajstić information content (AvgIpc) is 2.37. The van der Waals surface area contributed by atoms with E-state index in [-0.39, 0.29) is 0 Å². The Hall–Kier alpha value is -0.680. The topological polar surface area (TPSA) is 46.5 Å². The molecule has 2 heterocycles. The summed E-state index contributed by atoms with van der Waals surface area (Å²) in [4.78, 5) is 1.14. The minimum Gasteiger partial charge on any atom is -0.199 e. The molecule has 1 aliphatic heterocycles. The maximum Gasteiger partial charge on any atom is 0.284 e. The van der Waals surface area contributed by atoms with Crippen LogP contribution >= 0.6 is 11.3 Å². The van der Waals surface area contributed by atoms with Crippen LogP contribution in [0.15, 0.2) is 20.7 Å². The summed E-state index contributed by atoms with van der Waals surface area (Å²) in [6.07, 6.45) is 0. The van der Waals surface area contributed by atoms with Gasteiger partial charge in [-0.15, -0.1) is 11.3 Å². The second-order valence-corrected chi connectivity index (χ2v) is 4.75. The van der Waals surface area contributed by atoms with E-state index in [1.54, 1.807) is 18.4 Å². The van der Waals surface area contributed by atoms with Gasteiger partial charge in [-0.3, -0.25) is 0 Å². The van der Waals surface area contributed by atoms with E-state index in [0.29, 0.717) is 10.6 Å². The number of hydrogen-bond acceptors (Lipinski definition) is 3. The summed E-state index contributed by atoms with van der Waals surface area (Å²) in [5, 5.41) is 1.76. The molecule has 0 amide bonds. The number of thiophene rings is 1. The number of sulfonamides is 1. The zero-order chi connectivity index (χ0) is 8.06. The minimum absolute atomic E-state index is 0.361. The van der Waals surface area contributed by atoms with Crippen LogP contribution in [0.2, 0.25) is 0 Å². The van der Waals surface area contributed by atoms with Crippen molar-refractivity contribution in [1.29, 1.82) is 0 Å². The standard InChI is InChI=1S/C6H5NO2S2/c1-4-6-5(2-3-10-6)11(8,9)7-4/h2-3H,1H3. The molecule has 3 nitrogen and oxygen atoms in total. The fourth-order valence-corrected chi connectivity index (χ4v) is 3.55. The van der Waals surface area contributed by atoms with Crippen LogP contribution in [0.25, 0.3) is 0 Å². The highest BCUT2D eigenvalue weighted by molar-refractivity contribution is 7.91. The molecule has 0 fully saturated rings. The largest absolute Gasteiger partial charge is 0.284 e. The molecule has 0 unspecified atom stereocenters. The van der Waals surface area contributed by atoms with Gasteiger partial charge in [-0.1, -0.05) is 0 Å². The zero-order valence-corrected chi connectivity index (χ0v) is 7.37. The highest BCUT2D eigenvalue weighted by Gasteiger charge is 2.27. The summed E-state index contributed by atoms with van der Waals surface area (Å²) < 4.78 is 25.8. The normalized spacial score (nSPS) is 19.5. The maximum atomic E-state index is 11.1. The Labute approximate surface area is 68.5 Å². The predicted molar refractivity (Wildman–Crippen MR) is 43.7 cm³/mol. The van der Waals surface area contributed by atoms with E-state index < -0.39 is 10.0 Å². The molecule has 5 heteroatoms. The molecule has 58 valence electrons. The lowest BCUT2D eigenvalue weighted by molar-refractivity contribution is 0.599. The van der Waals surface area contributed by atoms with E-state index in [2.05, 4.69) is 4.40 Å². The third kappa shape index (κ3) is 0.844. The van der Waals surface area contributed by atoms with Crippen LogP contribution in [0.3, 0.4) is 0 Å². The molecule has 1 aliphatic rings. The first kappa shape index (κ1) is 7.00. The van der Waals surface area contributed by atoms with Crippen molar-refractivity contribution in [3.63, 3.8) is 0 Å². The first-order valence-electron chi connectivity index (χ1n) is 3.01. The highest BCUT2D eigenvalue weighted by atomic mass is 32.2. The number of rotatable bonds is 0. The monoisotopic (exact) mass is 187 g/mol. The quantitative estimate of drug-likeness (QED) is 0.613. The Kier molecular flexibility index (Phi) is 1.22. The molecule has 11 heavy (non-hydrogen) atoms. The summed E-state index contributed by atoms with van der Waals surface area (Å²) in [5.41, 5.74) is 0.606. The van der Waals surface area contributed by atoms with E-state index in [1.807, 2.05) is 0 Å². The molecule has 0 bridgehead atoms. The van der Waals surface area contributed by atoms with Gasteiger partial charge in [0.1, 0.15) is 4.90 Å². The van der Waals surface area contributed by atoms with Crippen molar-refractivity contribution >= 4 is 27.1 Å². The molecular weight excluding hydrogens is 182 g/mol. The third-order valence-electron chi connectivity index (χ3n) is 1.49. The van der Waals surface area contributed by atoms with Gasteiger partial charge < -0.3 is 0 Å². The Morgan fingerprint density at radius 3 is 2.91 bits per heavy atom. The van der Waals surface area contributed by atoms with Crippen LogP contribution in [0.5, 0.6) is 0 Å². The van der Waals surface area contributed by atoms with Crippen molar-refractivity contribution < 1.29 is 8.42 Å². The molecule has 2 rings (SSSR count). The lowest BCUT2D eigenvalue weighted by atomic mass is 10.3. The smallest absolute Gasteiger partial charge is 0.199 e. The second-order valence-electron chi connectivity index (χ2n) is 2.27. The Balaban J connectivity index is 2.87. The number of fused-ring (bicyclic) bond motifs is 1. The highest BCUT2D eigenvalue weighted by Crippen LogP contribution is 2.30. The molecule has 0 aromatic carbocycles. The first-order chi connectivity index (χ1) is 5.11. The molecule has 0 atom stereocenters. The summed E-state index contributed by atoms with van der Waals surface area (Å²) in [5.74, 6) is 0. The molecule has 1 aromatic heterocycles. The van der Waals surface area contributed by atoms with E-state index in [1.165, 1.54) is 11.3 Å². The maximum absolute atomic E-state index is 11.1. The van der Waals surface area contributed by atoms with Crippen molar-refractivity contribution in [3.8, 4) is 0 Å². The molecule has 0 saturated carbocycles. The summed E-state index contributed by atoms with van der Waals surface area (Å²) in [7, 11) is -3.31. The van der Waals surface area contributed by atoms with Gasteiger partial charge in [0, 0.05) is 0 Å². The van der Waals surface area contributed by atoms with Crippen LogP contribution in [-0.2, 0) is 10.0 Å². The summed E-state index contributed by atoms with van der Waals surface area (Å²) in [6, 6.07) is 1.59. The van der Waals surface area contributed by atoms with Crippen molar-refractivity contribution in [3.05, 3.63) is 16.3 Å². The molecular formula is C6H5NO2S2. The van der Waals surface area contributed by atoms with Crippen LogP contribution in [-0.4, -0.2) is 14.1 Å². The fourth-order valence-electron chi connectivity index (χ4n) is 1.04. The summed E-state index contributed by atoms with van der Waals surface area (Å²) in [6.45, 7) is 1.71. The molecule has 0 saturated heterocycles. The van der Waals surface area contributed by atoms with E-state index >= 15 is 0 Å². The summed E-state index contributed by atoms with van der Waals surface area (Å²) >= 11 is 1.41. The molecule has 0 spiro atoms. The first-order valence-corrected chi connectivity index (χ1v) is 5.33. The van der Waals surface area contributed by atoms with Crippen LogP contribution in [0, 0.1) is 0 Å². The molecule has 0 N–H and O–H groups in total. The van der Waals surface area contributed by atoms with Crippen LogP contribution in [0.4, 0.5) is 0 Å². The Morgan fingerprint density at radius 2 is 2.27 bits per heavy atom. The SMILES string of the molecule is CC1=NS(=O)(=O)c2ccsc21. The van der Waals surface area contributed by atoms with Crippen molar-refractivity contribution in [1.82, 2.24) is 0 Å². The predicted octanol–water partition coefficient (Wildman–Crippen LogP) is 1.26. The van der Waals surface area contributed by atoms with Gasteiger partial charge in [-0.05, 0) is 18.4 Å².